The Labute approximate surface area is 183 Å². The molecule has 0 saturated heterocycles. The molecule has 0 spiro atoms. The van der Waals surface area contributed by atoms with E-state index in [1.807, 2.05) is 19.1 Å². The van der Waals surface area contributed by atoms with E-state index in [4.69, 9.17) is 9.47 Å². The molecule has 8 heteroatoms. The highest BCUT2D eigenvalue weighted by Crippen LogP contribution is 2.24. The van der Waals surface area contributed by atoms with Gasteiger partial charge in [-0.05, 0) is 48.9 Å². The molecule has 2 heterocycles. The van der Waals surface area contributed by atoms with E-state index >= 15 is 0 Å². The molecule has 2 aromatic heterocycles. The molecule has 1 amide bonds. The Morgan fingerprint density at radius 2 is 1.78 bits per heavy atom. The first-order chi connectivity index (χ1) is 15.5. The van der Waals surface area contributed by atoms with E-state index < -0.39 is 11.7 Å². The van der Waals surface area contributed by atoms with Crippen LogP contribution in [0.5, 0.6) is 11.5 Å². The summed E-state index contributed by atoms with van der Waals surface area (Å²) in [6, 6.07) is 17.8. The Morgan fingerprint density at radius 1 is 1.03 bits per heavy atom. The molecule has 0 bridgehead atoms. The molecule has 32 heavy (non-hydrogen) atoms. The minimum absolute atomic E-state index is 0.00362. The first-order valence-electron chi connectivity index (χ1n) is 9.87. The zero-order valence-electron chi connectivity index (χ0n) is 17.2. The lowest BCUT2D eigenvalue weighted by Crippen LogP contribution is -2.21. The summed E-state index contributed by atoms with van der Waals surface area (Å²) < 4.78 is 26.1. The monoisotopic (exact) mass is 433 g/mol. The van der Waals surface area contributed by atoms with Crippen molar-refractivity contribution in [1.82, 2.24) is 9.38 Å². The summed E-state index contributed by atoms with van der Waals surface area (Å²) in [5.74, 6) is -0.617. The summed E-state index contributed by atoms with van der Waals surface area (Å²) in [6.45, 7) is 1.60. The first kappa shape index (κ1) is 21.0. The largest absolute Gasteiger partial charge is 0.485 e. The smallest absolute Gasteiger partial charge is 0.262 e. The molecule has 7 nitrogen and oxygen atoms in total. The third-order valence-electron chi connectivity index (χ3n) is 4.61. The second-order valence-corrected chi connectivity index (χ2v) is 7.07. The summed E-state index contributed by atoms with van der Waals surface area (Å²) in [6.07, 6.45) is 1.68. The molecule has 0 aliphatic heterocycles. The van der Waals surface area contributed by atoms with E-state index in [-0.39, 0.29) is 24.5 Å². The van der Waals surface area contributed by atoms with Gasteiger partial charge in [0.05, 0.1) is 11.4 Å². The molecule has 0 atom stereocenters. The van der Waals surface area contributed by atoms with E-state index in [0.717, 1.165) is 5.56 Å². The van der Waals surface area contributed by atoms with Crippen LogP contribution >= 0.6 is 0 Å². The molecular formula is C24H20FN3O4. The Kier molecular flexibility index (Phi) is 6.12. The molecule has 0 radical (unpaired) electrons. The summed E-state index contributed by atoms with van der Waals surface area (Å²) in [5, 5.41) is 2.69. The number of rotatable bonds is 7. The fraction of sp³-hybridized carbons (Fsp3) is 0.125. The molecule has 0 aliphatic carbocycles. The van der Waals surface area contributed by atoms with Crippen LogP contribution in [0, 0.1) is 12.7 Å². The maximum absolute atomic E-state index is 13.6. The van der Waals surface area contributed by atoms with Gasteiger partial charge in [-0.2, -0.15) is 0 Å². The van der Waals surface area contributed by atoms with Gasteiger partial charge in [0.25, 0.3) is 11.5 Å². The number of hydrogen-bond donors (Lipinski definition) is 1. The molecule has 4 rings (SSSR count). The van der Waals surface area contributed by atoms with Crippen molar-refractivity contribution in [2.24, 2.45) is 0 Å². The number of ether oxygens (including phenoxy) is 2. The molecule has 0 unspecified atom stereocenters. The quantitative estimate of drug-likeness (QED) is 0.480. The second-order valence-electron chi connectivity index (χ2n) is 7.07. The molecule has 0 aliphatic rings. The number of para-hydroxylation sites is 3. The highest BCUT2D eigenvalue weighted by Gasteiger charge is 2.11. The number of hydrogen-bond acceptors (Lipinski definition) is 5. The van der Waals surface area contributed by atoms with Gasteiger partial charge >= 0.3 is 0 Å². The van der Waals surface area contributed by atoms with Crippen LogP contribution in [0.25, 0.3) is 5.65 Å². The van der Waals surface area contributed by atoms with Crippen LogP contribution in [0.15, 0.2) is 77.7 Å². The summed E-state index contributed by atoms with van der Waals surface area (Å²) >= 11 is 0. The van der Waals surface area contributed by atoms with Gasteiger partial charge < -0.3 is 14.8 Å². The van der Waals surface area contributed by atoms with Gasteiger partial charge in [0.1, 0.15) is 18.0 Å². The maximum Gasteiger partial charge on any atom is 0.262 e. The van der Waals surface area contributed by atoms with Crippen molar-refractivity contribution in [2.75, 3.05) is 11.9 Å². The van der Waals surface area contributed by atoms with Crippen molar-refractivity contribution < 1.29 is 18.7 Å². The number of benzene rings is 2. The molecule has 0 fully saturated rings. The van der Waals surface area contributed by atoms with E-state index in [1.54, 1.807) is 36.5 Å². The third-order valence-corrected chi connectivity index (χ3v) is 4.61. The highest BCUT2D eigenvalue weighted by atomic mass is 19.1. The minimum Gasteiger partial charge on any atom is -0.485 e. The zero-order chi connectivity index (χ0) is 22.5. The van der Waals surface area contributed by atoms with Gasteiger partial charge in [-0.1, -0.05) is 24.3 Å². The predicted molar refractivity (Wildman–Crippen MR) is 117 cm³/mol. The van der Waals surface area contributed by atoms with Gasteiger partial charge in [0.15, 0.2) is 18.2 Å². The van der Waals surface area contributed by atoms with Crippen molar-refractivity contribution in [3.05, 3.63) is 100 Å². The van der Waals surface area contributed by atoms with Crippen molar-refractivity contribution in [3.63, 3.8) is 0 Å². The number of amides is 1. The number of fused-ring (bicyclic) bond motifs is 1. The first-order valence-corrected chi connectivity index (χ1v) is 9.87. The van der Waals surface area contributed by atoms with E-state index in [2.05, 4.69) is 10.3 Å². The average Bonchev–Trinajstić information content (AvgIpc) is 2.77. The van der Waals surface area contributed by atoms with Gasteiger partial charge in [0.2, 0.25) is 0 Å². The summed E-state index contributed by atoms with van der Waals surface area (Å²) in [5.41, 5.74) is 2.19. The standard InChI is InChI=1S/C24H20FN3O4/c1-16-10-11-28-22(12-16)26-17(13-24(28)30)14-31-21-9-5-3-7-19(21)27-23(29)15-32-20-8-4-2-6-18(20)25/h2-13H,14-15H2,1H3,(H,27,29). The topological polar surface area (TPSA) is 81.9 Å². The molecule has 0 saturated carbocycles. The lowest BCUT2D eigenvalue weighted by molar-refractivity contribution is -0.118. The Bertz CT molecular complexity index is 1340. The molecule has 162 valence electrons. The van der Waals surface area contributed by atoms with Crippen molar-refractivity contribution in [3.8, 4) is 11.5 Å². The van der Waals surface area contributed by atoms with E-state index in [9.17, 15) is 14.0 Å². The Hall–Kier alpha value is -4.20. The minimum atomic E-state index is -0.544. The number of pyridine rings is 1. The number of anilines is 1. The number of carbonyl (C=O) groups excluding carboxylic acids is 1. The Balaban J connectivity index is 1.43. The number of halogens is 1. The molecule has 1 N–H and O–H groups in total. The van der Waals surface area contributed by atoms with Crippen LogP contribution in [-0.2, 0) is 11.4 Å². The van der Waals surface area contributed by atoms with E-state index in [1.165, 1.54) is 28.7 Å². The van der Waals surface area contributed by atoms with Crippen LogP contribution in [0.4, 0.5) is 10.1 Å². The fourth-order valence-corrected chi connectivity index (χ4v) is 3.07. The zero-order valence-corrected chi connectivity index (χ0v) is 17.2. The molecular weight excluding hydrogens is 413 g/mol. The second kappa shape index (κ2) is 9.30. The number of aromatic nitrogens is 2. The van der Waals surface area contributed by atoms with Crippen LogP contribution in [0.3, 0.4) is 0 Å². The van der Waals surface area contributed by atoms with Crippen LogP contribution < -0.4 is 20.3 Å². The predicted octanol–water partition coefficient (Wildman–Crippen LogP) is 3.74. The number of nitrogens with one attached hydrogen (secondary N) is 1. The van der Waals surface area contributed by atoms with Crippen LogP contribution in [-0.4, -0.2) is 21.9 Å². The van der Waals surface area contributed by atoms with E-state index in [0.29, 0.717) is 22.8 Å². The van der Waals surface area contributed by atoms with Crippen molar-refractivity contribution >= 4 is 17.2 Å². The van der Waals surface area contributed by atoms with Gasteiger partial charge in [-0.25, -0.2) is 9.37 Å². The SMILES string of the molecule is Cc1ccn2c(=O)cc(COc3ccccc3NC(=O)COc3ccccc3F)nc2c1. The lowest BCUT2D eigenvalue weighted by Gasteiger charge is -2.13. The maximum atomic E-state index is 13.6. The number of carbonyl (C=O) groups is 1. The number of nitrogens with zero attached hydrogens (tertiary/aromatic N) is 2. The van der Waals surface area contributed by atoms with Crippen molar-refractivity contribution in [1.29, 1.82) is 0 Å². The van der Waals surface area contributed by atoms with Crippen LogP contribution in [0.1, 0.15) is 11.3 Å². The van der Waals surface area contributed by atoms with Gasteiger partial charge in [-0.3, -0.25) is 14.0 Å². The summed E-state index contributed by atoms with van der Waals surface area (Å²) in [7, 11) is 0. The fourth-order valence-electron chi connectivity index (χ4n) is 3.07. The average molecular weight is 433 g/mol. The highest BCUT2D eigenvalue weighted by molar-refractivity contribution is 5.93. The lowest BCUT2D eigenvalue weighted by atomic mass is 10.3. The Morgan fingerprint density at radius 3 is 2.59 bits per heavy atom. The van der Waals surface area contributed by atoms with Gasteiger partial charge in [0, 0.05) is 12.3 Å². The normalized spacial score (nSPS) is 10.7. The van der Waals surface area contributed by atoms with Crippen LogP contribution in [0.2, 0.25) is 0 Å². The third kappa shape index (κ3) is 4.92. The van der Waals surface area contributed by atoms with Gasteiger partial charge in [-0.15, -0.1) is 0 Å². The molecule has 2 aromatic carbocycles. The molecule has 4 aromatic rings. The summed E-state index contributed by atoms with van der Waals surface area (Å²) in [4.78, 5) is 29.1. The number of aryl methyl sites for hydroxylation is 1. The van der Waals surface area contributed by atoms with Crippen molar-refractivity contribution in [2.45, 2.75) is 13.5 Å².